The molecular weight excluding hydrogens is 271 g/mol. The molecule has 1 rings (SSSR count). The van der Waals surface area contributed by atoms with Crippen LogP contribution in [0.2, 0.25) is 0 Å². The van der Waals surface area contributed by atoms with Crippen molar-refractivity contribution < 1.29 is 24.7 Å². The first-order chi connectivity index (χ1) is 7.62. The van der Waals surface area contributed by atoms with E-state index >= 15 is 0 Å². The molecule has 0 aliphatic heterocycles. The summed E-state index contributed by atoms with van der Waals surface area (Å²) in [5, 5.41) is 0. The van der Waals surface area contributed by atoms with E-state index in [0.717, 1.165) is 0 Å². The van der Waals surface area contributed by atoms with Crippen molar-refractivity contribution in [3.05, 3.63) is 20.0 Å². The van der Waals surface area contributed by atoms with Crippen LogP contribution in [-0.2, 0) is 24.7 Å². The standard InChI is InChI=1S/C15H25.Zr/c1-6-12-11-15(9-4,10-5)14(8-3)13(12)7-2;/h6-10H2,1-5H3;. The fourth-order valence-electron chi connectivity index (χ4n) is 3.46. The van der Waals surface area contributed by atoms with Crippen molar-refractivity contribution in [1.29, 1.82) is 0 Å². The molecule has 0 aromatic heterocycles. The summed E-state index contributed by atoms with van der Waals surface area (Å²) in [6.45, 7) is 11.7. The van der Waals surface area contributed by atoms with E-state index in [9.17, 15) is 0 Å². The number of allylic oxidation sites excluding steroid dienone is 4. The first-order valence-electron chi connectivity index (χ1n) is 6.80. The zero-order valence-corrected chi connectivity index (χ0v) is 14.0. The molecule has 0 radical (unpaired) electrons. The number of hydrogen-bond donors (Lipinski definition) is 0. The minimum absolute atomic E-state index is 0.448. The van der Waals surface area contributed by atoms with Crippen LogP contribution in [0.3, 0.4) is 0 Å². The summed E-state index contributed by atoms with van der Waals surface area (Å²) < 4.78 is 1.76. The molecular formula is C15H25Zr. The molecule has 0 amide bonds. The molecule has 0 aromatic rings. The molecule has 0 bridgehead atoms. The Kier molecular flexibility index (Phi) is 5.23. The Balaban J connectivity index is 3.39. The Hall–Kier alpha value is 0.363. The van der Waals surface area contributed by atoms with Gasteiger partial charge in [-0.3, -0.25) is 0 Å². The first-order valence-corrected chi connectivity index (χ1v) is 8.03. The van der Waals surface area contributed by atoms with Crippen molar-refractivity contribution in [2.75, 3.05) is 0 Å². The number of rotatable bonds is 5. The molecule has 89 valence electrons. The topological polar surface area (TPSA) is 0 Å². The molecule has 0 atom stereocenters. The van der Waals surface area contributed by atoms with Gasteiger partial charge in [0, 0.05) is 0 Å². The van der Waals surface area contributed by atoms with Crippen LogP contribution < -0.4 is 0 Å². The maximum absolute atomic E-state index is 2.37. The molecule has 0 N–H and O–H groups in total. The summed E-state index contributed by atoms with van der Waals surface area (Å²) in [6, 6.07) is 0. The van der Waals surface area contributed by atoms with Crippen molar-refractivity contribution in [3.63, 3.8) is 0 Å². The SMILES string of the molecule is CCC1=[C]([Zr])C(CC)(CC)C(CC)=C1CC. The van der Waals surface area contributed by atoms with E-state index in [1.54, 1.807) is 44.7 Å². The van der Waals surface area contributed by atoms with Crippen LogP contribution in [0.25, 0.3) is 0 Å². The van der Waals surface area contributed by atoms with Gasteiger partial charge in [-0.25, -0.2) is 0 Å². The van der Waals surface area contributed by atoms with E-state index in [2.05, 4.69) is 34.6 Å². The normalized spacial score (nSPS) is 19.8. The van der Waals surface area contributed by atoms with Gasteiger partial charge < -0.3 is 0 Å². The first kappa shape index (κ1) is 14.4. The molecule has 1 aliphatic rings. The Labute approximate surface area is 116 Å². The van der Waals surface area contributed by atoms with Crippen molar-refractivity contribution in [3.8, 4) is 0 Å². The van der Waals surface area contributed by atoms with Crippen LogP contribution in [0.1, 0.15) is 66.7 Å². The molecule has 0 nitrogen and oxygen atoms in total. The molecule has 0 unspecified atom stereocenters. The maximum atomic E-state index is 2.37. The van der Waals surface area contributed by atoms with E-state index in [0.29, 0.717) is 5.41 Å². The molecule has 0 saturated carbocycles. The van der Waals surface area contributed by atoms with Crippen molar-refractivity contribution in [2.45, 2.75) is 66.7 Å². The summed E-state index contributed by atoms with van der Waals surface area (Å²) >= 11 is 1.64. The van der Waals surface area contributed by atoms with Gasteiger partial charge in [0.1, 0.15) is 0 Å². The predicted molar refractivity (Wildman–Crippen MR) is 67.9 cm³/mol. The van der Waals surface area contributed by atoms with Crippen LogP contribution in [0.4, 0.5) is 0 Å². The van der Waals surface area contributed by atoms with Gasteiger partial charge in [0.05, 0.1) is 0 Å². The van der Waals surface area contributed by atoms with Crippen molar-refractivity contribution in [2.24, 2.45) is 5.41 Å². The fourth-order valence-corrected chi connectivity index (χ4v) is 5.51. The van der Waals surface area contributed by atoms with E-state index in [-0.39, 0.29) is 0 Å². The van der Waals surface area contributed by atoms with Gasteiger partial charge in [-0.05, 0) is 0 Å². The van der Waals surface area contributed by atoms with Gasteiger partial charge in [0.25, 0.3) is 0 Å². The predicted octanol–water partition coefficient (Wildman–Crippen LogP) is 5.13. The molecule has 0 aromatic carbocycles. The molecule has 0 saturated heterocycles. The van der Waals surface area contributed by atoms with E-state index in [1.165, 1.54) is 32.1 Å². The van der Waals surface area contributed by atoms with E-state index in [1.807, 2.05) is 0 Å². The molecule has 0 fully saturated rings. The minimum atomic E-state index is 0.448. The van der Waals surface area contributed by atoms with Gasteiger partial charge in [-0.15, -0.1) is 0 Å². The second kappa shape index (κ2) is 5.81. The molecule has 1 aliphatic carbocycles. The Morgan fingerprint density at radius 3 is 1.62 bits per heavy atom. The quantitative estimate of drug-likeness (QED) is 0.659. The summed E-state index contributed by atoms with van der Waals surface area (Å²) in [4.78, 5) is 0. The third-order valence-electron chi connectivity index (χ3n) is 4.35. The molecule has 16 heavy (non-hydrogen) atoms. The third kappa shape index (κ3) is 1.94. The van der Waals surface area contributed by atoms with E-state index < -0.39 is 0 Å². The van der Waals surface area contributed by atoms with Gasteiger partial charge in [-0.2, -0.15) is 0 Å². The van der Waals surface area contributed by atoms with Crippen LogP contribution in [-0.4, -0.2) is 0 Å². The van der Waals surface area contributed by atoms with Gasteiger partial charge in [-0.1, -0.05) is 0 Å². The summed E-state index contributed by atoms with van der Waals surface area (Å²) in [5.41, 5.74) is 5.63. The molecule has 0 heterocycles. The zero-order valence-electron chi connectivity index (χ0n) is 11.5. The fraction of sp³-hybridized carbons (Fsp3) is 0.733. The second-order valence-electron chi connectivity index (χ2n) is 4.66. The molecule has 0 spiro atoms. The average molecular weight is 297 g/mol. The summed E-state index contributed by atoms with van der Waals surface area (Å²) in [6.07, 6.45) is 6.29. The monoisotopic (exact) mass is 295 g/mol. The number of hydrogen-bond acceptors (Lipinski definition) is 0. The average Bonchev–Trinajstić information content (AvgIpc) is 2.56. The third-order valence-corrected chi connectivity index (χ3v) is 6.27. The summed E-state index contributed by atoms with van der Waals surface area (Å²) in [5.74, 6) is 0. The van der Waals surface area contributed by atoms with E-state index in [4.69, 9.17) is 0 Å². The Morgan fingerprint density at radius 2 is 1.31 bits per heavy atom. The van der Waals surface area contributed by atoms with Gasteiger partial charge >= 0.3 is 117 Å². The second-order valence-corrected chi connectivity index (χ2v) is 5.89. The van der Waals surface area contributed by atoms with Crippen LogP contribution in [0.5, 0.6) is 0 Å². The molecule has 1 heteroatoms. The van der Waals surface area contributed by atoms with Gasteiger partial charge in [0.2, 0.25) is 0 Å². The zero-order chi connectivity index (χ0) is 12.3. The van der Waals surface area contributed by atoms with Crippen LogP contribution in [0.15, 0.2) is 20.0 Å². The van der Waals surface area contributed by atoms with Crippen molar-refractivity contribution in [1.82, 2.24) is 0 Å². The Bertz CT molecular complexity index is 316. The van der Waals surface area contributed by atoms with Crippen LogP contribution >= 0.6 is 0 Å². The van der Waals surface area contributed by atoms with Gasteiger partial charge in [0.15, 0.2) is 0 Å². The van der Waals surface area contributed by atoms with Crippen molar-refractivity contribution >= 4 is 0 Å². The summed E-state index contributed by atoms with van der Waals surface area (Å²) in [7, 11) is 0. The Morgan fingerprint density at radius 1 is 0.812 bits per heavy atom. The van der Waals surface area contributed by atoms with Crippen LogP contribution in [0, 0.1) is 5.41 Å².